The minimum absolute atomic E-state index is 0.271. The van der Waals surface area contributed by atoms with Crippen LogP contribution in [0.15, 0.2) is 84.3 Å². The molecule has 3 aromatic carbocycles. The summed E-state index contributed by atoms with van der Waals surface area (Å²) in [6, 6.07) is 20.5. The second-order valence-corrected chi connectivity index (χ2v) is 7.83. The molecule has 0 fully saturated rings. The van der Waals surface area contributed by atoms with Crippen molar-refractivity contribution >= 4 is 20.8 Å². The predicted molar refractivity (Wildman–Crippen MR) is 103 cm³/mol. The van der Waals surface area contributed by atoms with Gasteiger partial charge in [-0.25, -0.2) is 13.1 Å². The number of aryl methyl sites for hydroxylation is 1. The van der Waals surface area contributed by atoms with Gasteiger partial charge in [-0.15, -0.1) is 6.58 Å². The van der Waals surface area contributed by atoms with Gasteiger partial charge >= 0.3 is 0 Å². The van der Waals surface area contributed by atoms with E-state index in [4.69, 9.17) is 0 Å². The predicted octanol–water partition coefficient (Wildman–Crippen LogP) is 4.74. The number of sulfonamides is 1. The summed E-state index contributed by atoms with van der Waals surface area (Å²) in [6.07, 6.45) is 2.25. The summed E-state index contributed by atoms with van der Waals surface area (Å²) in [4.78, 5) is 0.271. The van der Waals surface area contributed by atoms with Gasteiger partial charge in [0, 0.05) is 0 Å². The molecule has 0 aromatic heterocycles. The van der Waals surface area contributed by atoms with Crippen LogP contribution in [0.2, 0.25) is 0 Å². The molecule has 128 valence electrons. The van der Waals surface area contributed by atoms with E-state index in [1.165, 1.54) is 0 Å². The highest BCUT2D eigenvalue weighted by molar-refractivity contribution is 7.89. The van der Waals surface area contributed by atoms with Crippen LogP contribution in [0.25, 0.3) is 10.8 Å². The Morgan fingerprint density at radius 1 is 1.00 bits per heavy atom. The molecule has 0 saturated carbocycles. The van der Waals surface area contributed by atoms with Crippen LogP contribution in [0.1, 0.15) is 23.6 Å². The Kier molecular flexibility index (Phi) is 5.02. The quantitative estimate of drug-likeness (QED) is 0.652. The van der Waals surface area contributed by atoms with Crippen molar-refractivity contribution in [2.24, 2.45) is 0 Å². The lowest BCUT2D eigenvalue weighted by Gasteiger charge is -2.18. The average molecular weight is 351 g/mol. The summed E-state index contributed by atoms with van der Waals surface area (Å²) < 4.78 is 28.3. The number of fused-ring (bicyclic) bond motifs is 1. The summed E-state index contributed by atoms with van der Waals surface area (Å²) in [5.41, 5.74) is 1.95. The molecule has 0 bridgehead atoms. The van der Waals surface area contributed by atoms with Gasteiger partial charge in [0.2, 0.25) is 10.0 Å². The number of rotatable bonds is 6. The van der Waals surface area contributed by atoms with E-state index >= 15 is 0 Å². The lowest BCUT2D eigenvalue weighted by atomic mass is 10.0. The molecular weight excluding hydrogens is 330 g/mol. The summed E-state index contributed by atoms with van der Waals surface area (Å²) in [7, 11) is -3.60. The number of nitrogens with one attached hydrogen (secondary N) is 1. The maximum atomic E-state index is 12.7. The van der Waals surface area contributed by atoms with E-state index in [2.05, 4.69) is 11.3 Å². The molecule has 0 heterocycles. The molecule has 0 aliphatic rings. The third-order valence-electron chi connectivity index (χ3n) is 4.21. The normalized spacial score (nSPS) is 12.8. The van der Waals surface area contributed by atoms with Crippen LogP contribution in [-0.2, 0) is 10.0 Å². The fraction of sp³-hybridized carbons (Fsp3) is 0.143. The molecule has 0 radical (unpaired) electrons. The van der Waals surface area contributed by atoms with E-state index in [0.29, 0.717) is 6.42 Å². The summed E-state index contributed by atoms with van der Waals surface area (Å²) in [5.74, 6) is 0. The lowest BCUT2D eigenvalue weighted by Crippen LogP contribution is -2.28. The van der Waals surface area contributed by atoms with Crippen LogP contribution in [0, 0.1) is 6.92 Å². The zero-order valence-electron chi connectivity index (χ0n) is 14.1. The van der Waals surface area contributed by atoms with E-state index in [1.807, 2.05) is 49.4 Å². The van der Waals surface area contributed by atoms with E-state index < -0.39 is 10.0 Å². The third-order valence-corrected chi connectivity index (χ3v) is 5.69. The van der Waals surface area contributed by atoms with Crippen LogP contribution in [0.5, 0.6) is 0 Å². The number of benzene rings is 3. The van der Waals surface area contributed by atoms with Crippen LogP contribution in [0.4, 0.5) is 0 Å². The molecule has 3 nitrogen and oxygen atoms in total. The minimum atomic E-state index is -3.60. The first-order chi connectivity index (χ1) is 12.0. The maximum Gasteiger partial charge on any atom is 0.241 e. The first-order valence-corrected chi connectivity index (χ1v) is 9.66. The SMILES string of the molecule is C=CC[C@H](NS(=O)(=O)c1ccc(C)cc1)c1ccc2ccccc2c1. The van der Waals surface area contributed by atoms with Gasteiger partial charge in [0.05, 0.1) is 10.9 Å². The highest BCUT2D eigenvalue weighted by Gasteiger charge is 2.20. The van der Waals surface area contributed by atoms with Gasteiger partial charge in [0.25, 0.3) is 0 Å². The van der Waals surface area contributed by atoms with Crippen LogP contribution < -0.4 is 4.72 Å². The third kappa shape index (κ3) is 3.98. The fourth-order valence-corrected chi connectivity index (χ4v) is 4.05. The zero-order valence-corrected chi connectivity index (χ0v) is 15.0. The van der Waals surface area contributed by atoms with Crippen LogP contribution in [0.3, 0.4) is 0 Å². The first-order valence-electron chi connectivity index (χ1n) is 8.18. The standard InChI is InChI=1S/C21H21NO2S/c1-3-6-21(19-12-11-17-7-4-5-8-18(17)15-19)22-25(23,24)20-13-9-16(2)10-14-20/h3-5,7-15,21-22H,1,6H2,2H3/t21-/m0/s1. The van der Waals surface area contributed by atoms with Crippen molar-refractivity contribution in [2.45, 2.75) is 24.3 Å². The topological polar surface area (TPSA) is 46.2 Å². The molecule has 1 N–H and O–H groups in total. The highest BCUT2D eigenvalue weighted by atomic mass is 32.2. The van der Waals surface area contributed by atoms with E-state index in [0.717, 1.165) is 21.9 Å². The fourth-order valence-electron chi connectivity index (χ4n) is 2.82. The van der Waals surface area contributed by atoms with Crippen molar-refractivity contribution < 1.29 is 8.42 Å². The van der Waals surface area contributed by atoms with Crippen molar-refractivity contribution in [3.8, 4) is 0 Å². The summed E-state index contributed by atoms with van der Waals surface area (Å²) in [6.45, 7) is 5.70. The van der Waals surface area contributed by atoms with Gasteiger partial charge in [-0.1, -0.05) is 60.2 Å². The molecule has 0 aliphatic carbocycles. The highest BCUT2D eigenvalue weighted by Crippen LogP contribution is 2.25. The van der Waals surface area contributed by atoms with Crippen molar-refractivity contribution in [3.63, 3.8) is 0 Å². The molecule has 3 aromatic rings. The Bertz CT molecular complexity index is 992. The van der Waals surface area contributed by atoms with Crippen molar-refractivity contribution in [1.82, 2.24) is 4.72 Å². The van der Waals surface area contributed by atoms with E-state index in [-0.39, 0.29) is 10.9 Å². The Hall–Kier alpha value is -2.43. The van der Waals surface area contributed by atoms with E-state index in [1.54, 1.807) is 30.3 Å². The molecule has 0 unspecified atom stereocenters. The van der Waals surface area contributed by atoms with Gasteiger partial charge in [-0.3, -0.25) is 0 Å². The smallest absolute Gasteiger partial charge is 0.207 e. The van der Waals surface area contributed by atoms with Crippen molar-refractivity contribution in [1.29, 1.82) is 0 Å². The summed E-state index contributed by atoms with van der Waals surface area (Å²) >= 11 is 0. The Balaban J connectivity index is 1.94. The van der Waals surface area contributed by atoms with Gasteiger partial charge < -0.3 is 0 Å². The molecule has 0 amide bonds. The average Bonchev–Trinajstić information content (AvgIpc) is 2.61. The maximum absolute atomic E-state index is 12.7. The second-order valence-electron chi connectivity index (χ2n) is 6.12. The molecule has 1 atom stereocenters. The number of hydrogen-bond donors (Lipinski definition) is 1. The van der Waals surface area contributed by atoms with Gasteiger partial charge in [-0.05, 0) is 47.9 Å². The van der Waals surface area contributed by atoms with Crippen LogP contribution in [-0.4, -0.2) is 8.42 Å². The molecule has 4 heteroatoms. The molecule has 0 aliphatic heterocycles. The Morgan fingerprint density at radius 3 is 2.36 bits per heavy atom. The molecule has 0 spiro atoms. The molecule has 0 saturated heterocycles. The lowest BCUT2D eigenvalue weighted by molar-refractivity contribution is 0.558. The first kappa shape index (κ1) is 17.4. The number of hydrogen-bond acceptors (Lipinski definition) is 2. The van der Waals surface area contributed by atoms with Crippen LogP contribution >= 0.6 is 0 Å². The monoisotopic (exact) mass is 351 g/mol. The van der Waals surface area contributed by atoms with Gasteiger partial charge in [-0.2, -0.15) is 0 Å². The summed E-state index contributed by atoms with van der Waals surface area (Å²) in [5, 5.41) is 2.22. The minimum Gasteiger partial charge on any atom is -0.207 e. The zero-order chi connectivity index (χ0) is 17.9. The Labute approximate surface area is 149 Å². The van der Waals surface area contributed by atoms with Crippen molar-refractivity contribution in [2.75, 3.05) is 0 Å². The van der Waals surface area contributed by atoms with Gasteiger partial charge in [0.1, 0.15) is 0 Å². The molecular formula is C21H21NO2S. The molecule has 3 rings (SSSR count). The van der Waals surface area contributed by atoms with E-state index in [9.17, 15) is 8.42 Å². The molecule has 25 heavy (non-hydrogen) atoms. The van der Waals surface area contributed by atoms with Gasteiger partial charge in [0.15, 0.2) is 0 Å². The largest absolute Gasteiger partial charge is 0.241 e. The van der Waals surface area contributed by atoms with Crippen molar-refractivity contribution in [3.05, 3.63) is 90.5 Å². The second kappa shape index (κ2) is 7.21. The Morgan fingerprint density at radius 2 is 1.68 bits per heavy atom.